The first kappa shape index (κ1) is 10.8. The van der Waals surface area contributed by atoms with Gasteiger partial charge in [-0.3, -0.25) is 4.79 Å². The van der Waals surface area contributed by atoms with Gasteiger partial charge in [0.25, 0.3) is 0 Å². The minimum Gasteiger partial charge on any atom is -0.298 e. The van der Waals surface area contributed by atoms with Crippen LogP contribution in [0, 0.1) is 15.4 Å². The molecule has 3 unspecified atom stereocenters. The predicted octanol–water partition coefficient (Wildman–Crippen LogP) is 4.01. The molecule has 3 rings (SSSR count). The van der Waals surface area contributed by atoms with E-state index in [-0.39, 0.29) is 0 Å². The fraction of sp³-hybridized carbons (Fsp3) is 0.500. The van der Waals surface area contributed by atoms with E-state index in [9.17, 15) is 4.79 Å². The monoisotopic (exact) mass is 326 g/mol. The summed E-state index contributed by atoms with van der Waals surface area (Å²) in [6.07, 6.45) is 6.59. The molecule has 0 radical (unpaired) electrons. The number of hydrogen-bond donors (Lipinski definition) is 0. The second-order valence-corrected chi connectivity index (χ2v) is 6.23. The summed E-state index contributed by atoms with van der Waals surface area (Å²) in [5.74, 6) is 2.58. The van der Waals surface area contributed by atoms with Crippen LogP contribution in [0.5, 0.6) is 0 Å². The van der Waals surface area contributed by atoms with E-state index >= 15 is 0 Å². The summed E-state index contributed by atoms with van der Waals surface area (Å²) in [7, 11) is 0. The zero-order valence-corrected chi connectivity index (χ0v) is 11.3. The number of fused-ring (bicyclic) bond motifs is 2. The summed E-state index contributed by atoms with van der Waals surface area (Å²) < 4.78 is 1.19. The number of hydrogen-bond acceptors (Lipinski definition) is 1. The van der Waals surface area contributed by atoms with Crippen molar-refractivity contribution in [2.75, 3.05) is 0 Å². The number of benzene rings is 1. The Bertz CT molecular complexity index is 427. The third kappa shape index (κ3) is 1.62. The van der Waals surface area contributed by atoms with Crippen LogP contribution in [0.15, 0.2) is 18.2 Å². The summed E-state index contributed by atoms with van der Waals surface area (Å²) in [5.41, 5.74) is 2.29. The van der Waals surface area contributed by atoms with Gasteiger partial charge in [0, 0.05) is 9.13 Å². The third-order valence-corrected chi connectivity index (χ3v) is 5.57. The van der Waals surface area contributed by atoms with Crippen molar-refractivity contribution >= 4 is 28.9 Å². The molecule has 0 aliphatic heterocycles. The number of carbonyl (C=O) groups is 1. The molecule has 0 N–H and O–H groups in total. The highest BCUT2D eigenvalue weighted by Crippen LogP contribution is 2.53. The molecule has 2 fully saturated rings. The van der Waals surface area contributed by atoms with Crippen LogP contribution in [0.2, 0.25) is 0 Å². The van der Waals surface area contributed by atoms with Crippen LogP contribution < -0.4 is 0 Å². The average Bonchev–Trinajstić information content (AvgIpc) is 2.91. The average molecular weight is 326 g/mol. The molecule has 0 saturated heterocycles. The highest BCUT2D eigenvalue weighted by atomic mass is 127. The first-order chi connectivity index (χ1) is 7.79. The molecule has 1 nitrogen and oxygen atoms in total. The minimum atomic E-state index is 0.727. The first-order valence-corrected chi connectivity index (χ1v) is 7.11. The van der Waals surface area contributed by atoms with Crippen LogP contribution in [0.3, 0.4) is 0 Å². The van der Waals surface area contributed by atoms with E-state index in [2.05, 4.69) is 28.7 Å². The fourth-order valence-electron chi connectivity index (χ4n) is 3.57. The Labute approximate surface area is 110 Å². The van der Waals surface area contributed by atoms with Crippen molar-refractivity contribution in [3.63, 3.8) is 0 Å². The van der Waals surface area contributed by atoms with Crippen LogP contribution in [-0.2, 0) is 0 Å². The van der Waals surface area contributed by atoms with E-state index in [0.29, 0.717) is 0 Å². The van der Waals surface area contributed by atoms with Crippen molar-refractivity contribution in [1.29, 1.82) is 0 Å². The fourth-order valence-corrected chi connectivity index (χ4v) is 4.46. The van der Waals surface area contributed by atoms with Crippen molar-refractivity contribution < 1.29 is 4.79 Å². The van der Waals surface area contributed by atoms with E-state index in [0.717, 1.165) is 29.6 Å². The van der Waals surface area contributed by atoms with Gasteiger partial charge in [0.1, 0.15) is 0 Å². The maximum absolute atomic E-state index is 10.9. The second kappa shape index (κ2) is 4.13. The van der Waals surface area contributed by atoms with Crippen LogP contribution in [0.1, 0.15) is 47.5 Å². The van der Waals surface area contributed by atoms with E-state index in [1.54, 1.807) is 0 Å². The van der Waals surface area contributed by atoms with Crippen LogP contribution in [0.25, 0.3) is 0 Å². The van der Waals surface area contributed by atoms with Gasteiger partial charge in [0.15, 0.2) is 6.29 Å². The Hall–Kier alpha value is -0.380. The highest BCUT2D eigenvalue weighted by Gasteiger charge is 2.40. The molecule has 2 aliphatic carbocycles. The molecule has 2 aliphatic rings. The van der Waals surface area contributed by atoms with Gasteiger partial charge in [-0.15, -0.1) is 0 Å². The zero-order chi connectivity index (χ0) is 11.1. The van der Waals surface area contributed by atoms with Crippen LogP contribution >= 0.6 is 22.6 Å². The normalized spacial score (nSPS) is 31.9. The summed E-state index contributed by atoms with van der Waals surface area (Å²) >= 11 is 2.34. The minimum absolute atomic E-state index is 0.727. The Morgan fingerprint density at radius 2 is 2.12 bits per heavy atom. The van der Waals surface area contributed by atoms with Crippen molar-refractivity contribution in [2.24, 2.45) is 11.8 Å². The van der Waals surface area contributed by atoms with Crippen molar-refractivity contribution in [2.45, 2.75) is 31.6 Å². The smallest absolute Gasteiger partial charge is 0.151 e. The molecular formula is C14H15IO. The molecule has 2 bridgehead atoms. The maximum atomic E-state index is 10.9. The lowest BCUT2D eigenvalue weighted by Gasteiger charge is -2.23. The Morgan fingerprint density at radius 3 is 2.75 bits per heavy atom. The number of aldehydes is 1. The van der Waals surface area contributed by atoms with Gasteiger partial charge < -0.3 is 0 Å². The molecular weight excluding hydrogens is 311 g/mol. The third-order valence-electron chi connectivity index (χ3n) is 4.32. The molecule has 0 heterocycles. The molecule has 0 aromatic heterocycles. The molecule has 0 amide bonds. The Morgan fingerprint density at radius 1 is 1.25 bits per heavy atom. The lowest BCUT2D eigenvalue weighted by molar-refractivity contribution is 0.112. The van der Waals surface area contributed by atoms with Crippen LogP contribution in [0.4, 0.5) is 0 Å². The van der Waals surface area contributed by atoms with Gasteiger partial charge in [-0.25, -0.2) is 0 Å². The quantitative estimate of drug-likeness (QED) is 0.593. The standard InChI is InChI=1S/C14H15IO/c15-14-11(8-16)2-1-3-12(14)13-7-9-4-5-10(13)6-9/h1-3,8-10,13H,4-7H2. The van der Waals surface area contributed by atoms with E-state index in [4.69, 9.17) is 0 Å². The zero-order valence-electron chi connectivity index (χ0n) is 9.16. The van der Waals surface area contributed by atoms with Gasteiger partial charge in [0.2, 0.25) is 0 Å². The lowest BCUT2D eigenvalue weighted by atomic mass is 9.83. The molecule has 3 atom stereocenters. The first-order valence-electron chi connectivity index (χ1n) is 6.03. The molecule has 2 saturated carbocycles. The van der Waals surface area contributed by atoms with E-state index < -0.39 is 0 Å². The summed E-state index contributed by atoms with van der Waals surface area (Å²) in [5, 5.41) is 0. The van der Waals surface area contributed by atoms with Crippen molar-refractivity contribution in [3.8, 4) is 0 Å². The van der Waals surface area contributed by atoms with E-state index in [1.165, 1.54) is 34.8 Å². The SMILES string of the molecule is O=Cc1cccc(C2CC3CCC2C3)c1I. The molecule has 2 heteroatoms. The van der Waals surface area contributed by atoms with Gasteiger partial charge in [-0.1, -0.05) is 24.6 Å². The predicted molar refractivity (Wildman–Crippen MR) is 72.7 cm³/mol. The largest absolute Gasteiger partial charge is 0.298 e. The molecule has 84 valence electrons. The summed E-state index contributed by atoms with van der Waals surface area (Å²) in [6, 6.07) is 6.18. The van der Waals surface area contributed by atoms with Crippen molar-refractivity contribution in [3.05, 3.63) is 32.9 Å². The Balaban J connectivity index is 1.98. The van der Waals surface area contributed by atoms with Crippen LogP contribution in [-0.4, -0.2) is 6.29 Å². The highest BCUT2D eigenvalue weighted by molar-refractivity contribution is 14.1. The number of carbonyl (C=O) groups excluding carboxylic acids is 1. The van der Waals surface area contributed by atoms with E-state index in [1.807, 2.05) is 12.1 Å². The topological polar surface area (TPSA) is 17.1 Å². The second-order valence-electron chi connectivity index (χ2n) is 5.15. The van der Waals surface area contributed by atoms with Gasteiger partial charge in [-0.05, 0) is 65.2 Å². The van der Waals surface area contributed by atoms with Gasteiger partial charge >= 0.3 is 0 Å². The van der Waals surface area contributed by atoms with Gasteiger partial charge in [0.05, 0.1) is 0 Å². The lowest BCUT2D eigenvalue weighted by Crippen LogP contribution is -2.10. The number of halogens is 1. The molecule has 16 heavy (non-hydrogen) atoms. The number of rotatable bonds is 2. The molecule has 1 aromatic rings. The Kier molecular flexibility index (Phi) is 2.78. The molecule has 0 spiro atoms. The summed E-state index contributed by atoms with van der Waals surface area (Å²) in [6.45, 7) is 0. The maximum Gasteiger partial charge on any atom is 0.151 e. The summed E-state index contributed by atoms with van der Waals surface area (Å²) in [4.78, 5) is 10.9. The molecule has 1 aromatic carbocycles. The van der Waals surface area contributed by atoms with Gasteiger partial charge in [-0.2, -0.15) is 0 Å². The van der Waals surface area contributed by atoms with Crippen molar-refractivity contribution in [1.82, 2.24) is 0 Å².